The van der Waals surface area contributed by atoms with Crippen LogP contribution in [0, 0.1) is 0 Å². The third-order valence-corrected chi connectivity index (χ3v) is 0.424. The molecule has 0 heterocycles. The maximum Gasteiger partial charge on any atom is 0.357 e. The Morgan fingerprint density at radius 1 is 1.50 bits per heavy atom. The molecule has 0 spiro atoms. The van der Waals surface area contributed by atoms with Gasteiger partial charge in [0.2, 0.25) is 0 Å². The van der Waals surface area contributed by atoms with Crippen LogP contribution in [0.1, 0.15) is 0 Å². The lowest BCUT2D eigenvalue weighted by atomic mass is 11.8. The molecule has 5 heteroatoms. The third kappa shape index (κ3) is 4.27. The average molecular weight is 112 g/mol. The van der Waals surface area contributed by atoms with Gasteiger partial charge in [-0.1, -0.05) is 0 Å². The summed E-state index contributed by atoms with van der Waals surface area (Å²) in [4.78, 5) is 19.5. The topological polar surface area (TPSA) is 58.9 Å². The Hall–Kier alpha value is 0.270. The minimum absolute atomic E-state index is 1.20. The van der Waals surface area contributed by atoms with Crippen molar-refractivity contribution in [3.63, 3.8) is 0 Å². The molecule has 0 amide bonds. The van der Waals surface area contributed by atoms with Crippen LogP contribution >= 0.6 is 8.60 Å². The molecule has 0 radical (unpaired) electrons. The van der Waals surface area contributed by atoms with E-state index in [0.717, 1.165) is 0 Å². The van der Waals surface area contributed by atoms with Gasteiger partial charge in [-0.25, -0.2) is 4.89 Å². The fourth-order valence-electron chi connectivity index (χ4n) is 0.0667. The monoisotopic (exact) mass is 112 g/mol. The van der Waals surface area contributed by atoms with Crippen LogP contribution in [0.25, 0.3) is 0 Å². The van der Waals surface area contributed by atoms with Crippen LogP contribution in [0.4, 0.5) is 0 Å². The van der Waals surface area contributed by atoms with Crippen molar-refractivity contribution in [2.24, 2.45) is 0 Å². The van der Waals surface area contributed by atoms with Crippen molar-refractivity contribution in [2.45, 2.75) is 0 Å². The van der Waals surface area contributed by atoms with Crippen molar-refractivity contribution in [3.05, 3.63) is 0 Å². The molecule has 0 aliphatic rings. The summed E-state index contributed by atoms with van der Waals surface area (Å²) >= 11 is 0. The second-order valence-corrected chi connectivity index (χ2v) is 1.15. The van der Waals surface area contributed by atoms with Crippen molar-refractivity contribution in [2.75, 3.05) is 7.11 Å². The van der Waals surface area contributed by atoms with Gasteiger partial charge < -0.3 is 9.79 Å². The molecule has 38 valence electrons. The molecule has 6 heavy (non-hydrogen) atoms. The predicted octanol–water partition coefficient (Wildman–Crippen LogP) is -0.224. The van der Waals surface area contributed by atoms with E-state index in [1.165, 1.54) is 7.11 Å². The fraction of sp³-hybridized carbons (Fsp3) is 1.00. The first-order valence-electron chi connectivity index (χ1n) is 1.16. The molecule has 0 saturated carbocycles. The van der Waals surface area contributed by atoms with E-state index in [-0.39, 0.29) is 0 Å². The van der Waals surface area contributed by atoms with E-state index in [0.29, 0.717) is 0 Å². The zero-order valence-electron chi connectivity index (χ0n) is 3.16. The van der Waals surface area contributed by atoms with Gasteiger partial charge in [0, 0.05) is 0 Å². The van der Waals surface area contributed by atoms with E-state index >= 15 is 0 Å². The van der Waals surface area contributed by atoms with Crippen molar-refractivity contribution in [1.29, 1.82) is 0 Å². The van der Waals surface area contributed by atoms with Crippen molar-refractivity contribution < 1.29 is 19.3 Å². The van der Waals surface area contributed by atoms with E-state index in [1.807, 2.05) is 0 Å². The quantitative estimate of drug-likeness (QED) is 0.294. The van der Waals surface area contributed by atoms with Crippen LogP contribution in [0.15, 0.2) is 0 Å². The maximum absolute atomic E-state index is 7.83. The largest absolute Gasteiger partial charge is 0.357 e. The second-order valence-electron chi connectivity index (χ2n) is 0.494. The molecule has 0 atom stereocenters. The first kappa shape index (κ1) is 6.27. The molecule has 0 aromatic heterocycles. The molecule has 0 aliphatic heterocycles. The zero-order chi connectivity index (χ0) is 4.99. The van der Waals surface area contributed by atoms with Gasteiger partial charge in [-0.05, 0) is 0 Å². The second kappa shape index (κ2) is 3.46. The summed E-state index contributed by atoms with van der Waals surface area (Å²) in [7, 11) is -1.13. The first-order chi connectivity index (χ1) is 2.77. The summed E-state index contributed by atoms with van der Waals surface area (Å²) in [6, 6.07) is 0. The normalized spacial score (nSPS) is 10.0. The van der Waals surface area contributed by atoms with E-state index < -0.39 is 8.60 Å². The molecular formula is CH5O4P. The summed E-state index contributed by atoms with van der Waals surface area (Å²) in [5.41, 5.74) is 0. The summed E-state index contributed by atoms with van der Waals surface area (Å²) in [5, 5.41) is 0. The smallest absolute Gasteiger partial charge is 0.327 e. The number of hydrogen-bond donors (Lipinski definition) is 2. The van der Waals surface area contributed by atoms with E-state index in [2.05, 4.69) is 9.56 Å². The van der Waals surface area contributed by atoms with Gasteiger partial charge in [0.15, 0.2) is 0 Å². The maximum atomic E-state index is 7.83. The molecule has 0 unspecified atom stereocenters. The zero-order valence-corrected chi connectivity index (χ0v) is 4.05. The lowest BCUT2D eigenvalue weighted by molar-refractivity contribution is -0.185. The summed E-state index contributed by atoms with van der Waals surface area (Å²) in [6.07, 6.45) is 0. The van der Waals surface area contributed by atoms with Gasteiger partial charge in [0.25, 0.3) is 0 Å². The van der Waals surface area contributed by atoms with Crippen LogP contribution in [0.5, 0.6) is 0 Å². The SMILES string of the molecule is COOP(O)O. The molecule has 4 nitrogen and oxygen atoms in total. The van der Waals surface area contributed by atoms with E-state index in [4.69, 9.17) is 9.79 Å². The summed E-state index contributed by atoms with van der Waals surface area (Å²) < 4.78 is 3.72. The van der Waals surface area contributed by atoms with Gasteiger partial charge in [-0.15, -0.1) is 0 Å². The minimum atomic E-state index is -2.32. The molecule has 0 aromatic carbocycles. The van der Waals surface area contributed by atoms with Crippen molar-refractivity contribution >= 4 is 8.60 Å². The summed E-state index contributed by atoms with van der Waals surface area (Å²) in [6.45, 7) is 0. The number of rotatable bonds is 2. The highest BCUT2D eigenvalue weighted by Gasteiger charge is 1.93. The fourth-order valence-corrected chi connectivity index (χ4v) is 0.200. The molecule has 0 bridgehead atoms. The van der Waals surface area contributed by atoms with Crippen molar-refractivity contribution in [1.82, 2.24) is 0 Å². The van der Waals surface area contributed by atoms with Gasteiger partial charge in [-0.3, -0.25) is 0 Å². The predicted molar refractivity (Wildman–Crippen MR) is 19.5 cm³/mol. The molecule has 0 aliphatic carbocycles. The lowest BCUT2D eigenvalue weighted by Gasteiger charge is -1.93. The van der Waals surface area contributed by atoms with E-state index in [1.54, 1.807) is 0 Å². The average Bonchev–Trinajstić information content (AvgIpc) is 1.35. The van der Waals surface area contributed by atoms with Crippen LogP contribution in [0.3, 0.4) is 0 Å². The Morgan fingerprint density at radius 3 is 2.00 bits per heavy atom. The Kier molecular flexibility index (Phi) is 3.62. The van der Waals surface area contributed by atoms with E-state index in [9.17, 15) is 0 Å². The number of hydrogen-bond acceptors (Lipinski definition) is 4. The van der Waals surface area contributed by atoms with Crippen LogP contribution in [0.2, 0.25) is 0 Å². The first-order valence-corrected chi connectivity index (χ1v) is 2.32. The Morgan fingerprint density at radius 2 is 2.00 bits per heavy atom. The molecule has 0 rings (SSSR count). The van der Waals surface area contributed by atoms with Gasteiger partial charge in [0.05, 0.1) is 7.11 Å². The van der Waals surface area contributed by atoms with Gasteiger partial charge in [0.1, 0.15) is 0 Å². The Labute approximate surface area is 36.2 Å². The molecule has 0 aromatic rings. The van der Waals surface area contributed by atoms with Gasteiger partial charge in [-0.2, -0.15) is 4.67 Å². The molecule has 0 saturated heterocycles. The minimum Gasteiger partial charge on any atom is -0.327 e. The summed E-state index contributed by atoms with van der Waals surface area (Å²) in [5.74, 6) is 0. The van der Waals surface area contributed by atoms with Crippen LogP contribution in [-0.4, -0.2) is 16.9 Å². The highest BCUT2D eigenvalue weighted by Crippen LogP contribution is 2.23. The third-order valence-electron chi connectivity index (χ3n) is 0.141. The molecule has 2 N–H and O–H groups in total. The van der Waals surface area contributed by atoms with Gasteiger partial charge >= 0.3 is 8.60 Å². The van der Waals surface area contributed by atoms with Crippen LogP contribution < -0.4 is 0 Å². The molecule has 0 fully saturated rings. The molecular weight excluding hydrogens is 107 g/mol. The Bertz CT molecular complexity index is 28.7. The highest BCUT2D eigenvalue weighted by atomic mass is 31.2. The standard InChI is InChI=1S/CH5O4P/c1-4-5-6(2)3/h2-3H,1H3. The lowest BCUT2D eigenvalue weighted by Crippen LogP contribution is -1.77. The van der Waals surface area contributed by atoms with Crippen LogP contribution in [-0.2, 0) is 9.56 Å². The van der Waals surface area contributed by atoms with Crippen molar-refractivity contribution in [3.8, 4) is 0 Å². The Balaban J connectivity index is 2.63. The highest BCUT2D eigenvalue weighted by molar-refractivity contribution is 7.39.